The van der Waals surface area contributed by atoms with Crippen molar-refractivity contribution in [2.45, 2.75) is 26.4 Å². The van der Waals surface area contributed by atoms with Crippen LogP contribution in [0.25, 0.3) is 10.8 Å². The molecule has 0 saturated heterocycles. The number of amides is 1. The van der Waals surface area contributed by atoms with Gasteiger partial charge in [-0.05, 0) is 36.1 Å². The van der Waals surface area contributed by atoms with Crippen LogP contribution in [-0.2, 0) is 13.1 Å². The number of carbonyl (C=O) groups is 1. The Hall–Kier alpha value is -2.82. The predicted molar refractivity (Wildman–Crippen MR) is 88.4 cm³/mol. The summed E-state index contributed by atoms with van der Waals surface area (Å²) in [5, 5.41) is 4.20. The Balaban J connectivity index is 1.99. The van der Waals surface area contributed by atoms with E-state index in [1.165, 1.54) is 0 Å². The maximum atomic E-state index is 12.6. The number of nitrogens with one attached hydrogen (secondary N) is 1. The van der Waals surface area contributed by atoms with Crippen LogP contribution in [0.15, 0.2) is 57.9 Å². The monoisotopic (exact) mass is 310 g/mol. The smallest absolute Gasteiger partial charge is 0.268 e. The first-order chi connectivity index (χ1) is 11.2. The Morgan fingerprint density at radius 1 is 1.22 bits per heavy atom. The first-order valence-corrected chi connectivity index (χ1v) is 7.64. The molecule has 0 aliphatic rings. The molecule has 3 rings (SSSR count). The van der Waals surface area contributed by atoms with Gasteiger partial charge < -0.3 is 14.3 Å². The highest BCUT2D eigenvalue weighted by Gasteiger charge is 2.15. The molecule has 1 aromatic carbocycles. The molecular weight excluding hydrogens is 292 g/mol. The Bertz CT molecular complexity index is 879. The van der Waals surface area contributed by atoms with Crippen LogP contribution >= 0.6 is 0 Å². The molecule has 118 valence electrons. The molecule has 3 aromatic rings. The third kappa shape index (κ3) is 3.04. The number of furan rings is 1. The number of nitrogens with zero attached hydrogens (tertiary/aromatic N) is 1. The maximum absolute atomic E-state index is 12.6. The van der Waals surface area contributed by atoms with Crippen molar-refractivity contribution >= 4 is 16.7 Å². The lowest BCUT2D eigenvalue weighted by molar-refractivity contribution is 0.0937. The fourth-order valence-corrected chi connectivity index (χ4v) is 2.60. The molecule has 1 N–H and O–H groups in total. The molecule has 5 nitrogen and oxygen atoms in total. The molecule has 0 unspecified atom stereocenters. The summed E-state index contributed by atoms with van der Waals surface area (Å²) in [4.78, 5) is 25.2. The fourth-order valence-electron chi connectivity index (χ4n) is 2.60. The van der Waals surface area contributed by atoms with Crippen LogP contribution < -0.4 is 10.9 Å². The minimum absolute atomic E-state index is 0.131. The number of rotatable bonds is 5. The molecule has 0 bridgehead atoms. The van der Waals surface area contributed by atoms with Crippen LogP contribution in [0.5, 0.6) is 0 Å². The number of hydrogen-bond acceptors (Lipinski definition) is 3. The molecule has 2 heterocycles. The largest absolute Gasteiger partial charge is 0.467 e. The van der Waals surface area contributed by atoms with E-state index in [4.69, 9.17) is 4.42 Å². The summed E-state index contributed by atoms with van der Waals surface area (Å²) in [6.45, 7) is 2.78. The zero-order valence-electron chi connectivity index (χ0n) is 12.9. The molecule has 0 aliphatic carbocycles. The summed E-state index contributed by atoms with van der Waals surface area (Å²) in [5.74, 6) is 0.390. The molecule has 1 amide bonds. The lowest BCUT2D eigenvalue weighted by atomic mass is 10.1. The molecule has 0 spiro atoms. The summed E-state index contributed by atoms with van der Waals surface area (Å²) in [7, 11) is 0. The maximum Gasteiger partial charge on any atom is 0.268 e. The first kappa shape index (κ1) is 15.1. The number of benzene rings is 1. The average Bonchev–Trinajstić information content (AvgIpc) is 3.08. The molecule has 0 radical (unpaired) electrons. The number of aromatic nitrogens is 1. The van der Waals surface area contributed by atoms with Crippen molar-refractivity contribution in [2.75, 3.05) is 0 Å². The third-order valence-corrected chi connectivity index (χ3v) is 3.70. The van der Waals surface area contributed by atoms with E-state index >= 15 is 0 Å². The van der Waals surface area contributed by atoms with E-state index < -0.39 is 0 Å². The number of hydrogen-bond donors (Lipinski definition) is 1. The SMILES string of the molecule is CCCn1c(C(=O)NCc2ccco2)cc2ccccc2c1=O. The lowest BCUT2D eigenvalue weighted by Crippen LogP contribution is -2.32. The molecule has 5 heteroatoms. The van der Waals surface area contributed by atoms with Crippen molar-refractivity contribution in [3.05, 3.63) is 70.5 Å². The highest BCUT2D eigenvalue weighted by atomic mass is 16.3. The van der Waals surface area contributed by atoms with E-state index in [1.807, 2.05) is 25.1 Å². The summed E-state index contributed by atoms with van der Waals surface area (Å²) in [6.07, 6.45) is 2.33. The summed E-state index contributed by atoms with van der Waals surface area (Å²) in [5.41, 5.74) is 0.246. The van der Waals surface area contributed by atoms with E-state index in [0.717, 1.165) is 11.8 Å². The van der Waals surface area contributed by atoms with Gasteiger partial charge in [0.1, 0.15) is 11.5 Å². The Kier molecular flexibility index (Phi) is 4.28. The Morgan fingerprint density at radius 3 is 2.78 bits per heavy atom. The van der Waals surface area contributed by atoms with Crippen LogP contribution in [0.3, 0.4) is 0 Å². The number of pyridine rings is 1. The van der Waals surface area contributed by atoms with Crippen molar-refractivity contribution in [1.29, 1.82) is 0 Å². The molecule has 0 atom stereocenters. The molecule has 23 heavy (non-hydrogen) atoms. The van der Waals surface area contributed by atoms with Gasteiger partial charge in [-0.3, -0.25) is 9.59 Å². The van der Waals surface area contributed by atoms with E-state index in [2.05, 4.69) is 5.32 Å². The summed E-state index contributed by atoms with van der Waals surface area (Å²) >= 11 is 0. The molecule has 0 fully saturated rings. The topological polar surface area (TPSA) is 64.2 Å². The minimum Gasteiger partial charge on any atom is -0.467 e. The zero-order chi connectivity index (χ0) is 16.2. The van der Waals surface area contributed by atoms with Crippen molar-refractivity contribution in [3.63, 3.8) is 0 Å². The van der Waals surface area contributed by atoms with Crippen molar-refractivity contribution in [3.8, 4) is 0 Å². The van der Waals surface area contributed by atoms with Gasteiger partial charge in [-0.1, -0.05) is 25.1 Å². The van der Waals surface area contributed by atoms with Gasteiger partial charge in [0.25, 0.3) is 11.5 Å². The van der Waals surface area contributed by atoms with Crippen molar-refractivity contribution in [2.24, 2.45) is 0 Å². The zero-order valence-corrected chi connectivity index (χ0v) is 12.9. The van der Waals surface area contributed by atoms with Crippen LogP contribution in [0.1, 0.15) is 29.6 Å². The van der Waals surface area contributed by atoms with Crippen LogP contribution in [0, 0.1) is 0 Å². The van der Waals surface area contributed by atoms with E-state index in [1.54, 1.807) is 35.1 Å². The molecule has 0 saturated carbocycles. The number of carbonyl (C=O) groups excluding carboxylic acids is 1. The van der Waals surface area contributed by atoms with Gasteiger partial charge >= 0.3 is 0 Å². The van der Waals surface area contributed by atoms with Gasteiger partial charge in [0, 0.05) is 11.9 Å². The van der Waals surface area contributed by atoms with Crippen LogP contribution in [-0.4, -0.2) is 10.5 Å². The second-order valence-electron chi connectivity index (χ2n) is 5.34. The van der Waals surface area contributed by atoms with E-state index in [-0.39, 0.29) is 11.5 Å². The van der Waals surface area contributed by atoms with Gasteiger partial charge in [-0.2, -0.15) is 0 Å². The second kappa shape index (κ2) is 6.52. The second-order valence-corrected chi connectivity index (χ2v) is 5.34. The molecule has 0 aliphatic heterocycles. The highest BCUT2D eigenvalue weighted by molar-refractivity contribution is 5.96. The van der Waals surface area contributed by atoms with Gasteiger partial charge in [0.05, 0.1) is 12.8 Å². The fraction of sp³-hybridized carbons (Fsp3) is 0.222. The third-order valence-electron chi connectivity index (χ3n) is 3.70. The Morgan fingerprint density at radius 2 is 2.04 bits per heavy atom. The predicted octanol–water partition coefficient (Wildman–Crippen LogP) is 2.93. The standard InChI is InChI=1S/C18H18N2O3/c1-2-9-20-16(17(21)19-12-14-7-5-10-23-14)11-13-6-3-4-8-15(13)18(20)22/h3-8,10-11H,2,9,12H2,1H3,(H,19,21). The van der Waals surface area contributed by atoms with Crippen molar-refractivity contribution < 1.29 is 9.21 Å². The van der Waals surface area contributed by atoms with Crippen molar-refractivity contribution in [1.82, 2.24) is 9.88 Å². The average molecular weight is 310 g/mol. The molecule has 2 aromatic heterocycles. The first-order valence-electron chi connectivity index (χ1n) is 7.64. The lowest BCUT2D eigenvalue weighted by Gasteiger charge is -2.13. The van der Waals surface area contributed by atoms with Crippen LogP contribution in [0.4, 0.5) is 0 Å². The van der Waals surface area contributed by atoms with Crippen LogP contribution in [0.2, 0.25) is 0 Å². The van der Waals surface area contributed by atoms with Gasteiger partial charge in [0.2, 0.25) is 0 Å². The highest BCUT2D eigenvalue weighted by Crippen LogP contribution is 2.13. The summed E-state index contributed by atoms with van der Waals surface area (Å²) < 4.78 is 6.75. The van der Waals surface area contributed by atoms with E-state index in [0.29, 0.717) is 29.9 Å². The normalized spacial score (nSPS) is 10.8. The minimum atomic E-state index is -0.280. The number of fused-ring (bicyclic) bond motifs is 1. The quantitative estimate of drug-likeness (QED) is 0.788. The van der Waals surface area contributed by atoms with E-state index in [9.17, 15) is 9.59 Å². The molecular formula is C18H18N2O3. The van der Waals surface area contributed by atoms with Gasteiger partial charge in [-0.15, -0.1) is 0 Å². The Labute approximate surface area is 133 Å². The van der Waals surface area contributed by atoms with Gasteiger partial charge in [0.15, 0.2) is 0 Å². The van der Waals surface area contributed by atoms with Gasteiger partial charge in [-0.25, -0.2) is 0 Å². The summed E-state index contributed by atoms with van der Waals surface area (Å²) in [6, 6.07) is 12.6.